The maximum absolute atomic E-state index is 12.7. The lowest BCUT2D eigenvalue weighted by Crippen LogP contribution is -2.36. The first-order valence-electron chi connectivity index (χ1n) is 10.2. The molecule has 0 saturated heterocycles. The second-order valence-electron chi connectivity index (χ2n) is 7.80. The lowest BCUT2D eigenvalue weighted by atomic mass is 9.87. The quantitative estimate of drug-likeness (QED) is 0.868. The number of aromatic nitrogens is 2. The zero-order chi connectivity index (χ0) is 18.6. The van der Waals surface area contributed by atoms with E-state index in [0.717, 1.165) is 43.4 Å². The molecule has 0 unspecified atom stereocenters. The highest BCUT2D eigenvalue weighted by Crippen LogP contribution is 2.32. The number of fused-ring (bicyclic) bond motifs is 1. The molecule has 2 aromatic rings. The van der Waals surface area contributed by atoms with Gasteiger partial charge in [-0.3, -0.25) is 9.48 Å². The highest BCUT2D eigenvalue weighted by Gasteiger charge is 2.28. The van der Waals surface area contributed by atoms with Gasteiger partial charge in [-0.15, -0.1) is 0 Å². The molecule has 1 aromatic carbocycles. The molecule has 0 spiro atoms. The maximum Gasteiger partial charge on any atom is 0.223 e. The summed E-state index contributed by atoms with van der Waals surface area (Å²) in [5.41, 5.74) is 3.57. The Balaban J connectivity index is 1.50. The monoisotopic (exact) mass is 367 g/mol. The van der Waals surface area contributed by atoms with Gasteiger partial charge in [0.05, 0.1) is 25.9 Å². The van der Waals surface area contributed by atoms with Crippen molar-refractivity contribution in [2.45, 2.75) is 64.0 Å². The number of amides is 1. The van der Waals surface area contributed by atoms with E-state index in [1.807, 2.05) is 24.4 Å². The van der Waals surface area contributed by atoms with E-state index in [4.69, 9.17) is 4.74 Å². The largest absolute Gasteiger partial charge is 0.496 e. The van der Waals surface area contributed by atoms with Gasteiger partial charge in [0, 0.05) is 22.7 Å². The summed E-state index contributed by atoms with van der Waals surface area (Å²) in [6.45, 7) is 0.697. The molecule has 1 atom stereocenters. The maximum atomic E-state index is 12.7. The normalized spacial score (nSPS) is 20.1. The van der Waals surface area contributed by atoms with Crippen molar-refractivity contribution in [1.82, 2.24) is 15.1 Å². The fourth-order valence-corrected chi connectivity index (χ4v) is 4.55. The number of methoxy groups -OCH3 is 1. The van der Waals surface area contributed by atoms with Crippen LogP contribution in [0.2, 0.25) is 0 Å². The average molecular weight is 367 g/mol. The molecule has 1 heterocycles. The smallest absolute Gasteiger partial charge is 0.223 e. The molecule has 144 valence electrons. The van der Waals surface area contributed by atoms with E-state index in [-0.39, 0.29) is 17.9 Å². The number of hydrogen-bond donors (Lipinski definition) is 1. The zero-order valence-electron chi connectivity index (χ0n) is 16.1. The minimum Gasteiger partial charge on any atom is -0.496 e. The lowest BCUT2D eigenvalue weighted by molar-refractivity contribution is -0.126. The Kier molecular flexibility index (Phi) is 5.46. The SMILES string of the molecule is COc1ccccc1Cn1ncc2c1CCC[C@H]2NC(=O)C1CCCCC1. The van der Waals surface area contributed by atoms with E-state index in [0.29, 0.717) is 6.54 Å². The van der Waals surface area contributed by atoms with Gasteiger partial charge in [-0.25, -0.2) is 0 Å². The number of para-hydroxylation sites is 1. The zero-order valence-corrected chi connectivity index (χ0v) is 16.1. The van der Waals surface area contributed by atoms with Crippen molar-refractivity contribution in [1.29, 1.82) is 0 Å². The molecule has 1 saturated carbocycles. The van der Waals surface area contributed by atoms with Gasteiger partial charge in [0.25, 0.3) is 0 Å². The highest BCUT2D eigenvalue weighted by atomic mass is 16.5. The Hall–Kier alpha value is -2.30. The summed E-state index contributed by atoms with van der Waals surface area (Å²) in [5, 5.41) is 7.98. The van der Waals surface area contributed by atoms with Crippen LogP contribution in [0.1, 0.15) is 67.8 Å². The van der Waals surface area contributed by atoms with Crippen LogP contribution in [0.15, 0.2) is 30.5 Å². The van der Waals surface area contributed by atoms with Crippen LogP contribution in [0.4, 0.5) is 0 Å². The van der Waals surface area contributed by atoms with Crippen LogP contribution in [0.3, 0.4) is 0 Å². The molecule has 5 nitrogen and oxygen atoms in total. The Morgan fingerprint density at radius 3 is 2.81 bits per heavy atom. The predicted octanol–water partition coefficient (Wildman–Crippen LogP) is 4.01. The molecule has 5 heteroatoms. The van der Waals surface area contributed by atoms with Crippen LogP contribution < -0.4 is 10.1 Å². The molecule has 1 amide bonds. The first-order chi connectivity index (χ1) is 13.3. The minimum absolute atomic E-state index is 0.106. The number of carbonyl (C=O) groups excluding carboxylic acids is 1. The fraction of sp³-hybridized carbons (Fsp3) is 0.545. The average Bonchev–Trinajstić information content (AvgIpc) is 3.13. The third-order valence-corrected chi connectivity index (χ3v) is 6.07. The van der Waals surface area contributed by atoms with Crippen molar-refractivity contribution in [3.63, 3.8) is 0 Å². The number of ether oxygens (including phenoxy) is 1. The summed E-state index contributed by atoms with van der Waals surface area (Å²) in [5.74, 6) is 1.33. The summed E-state index contributed by atoms with van der Waals surface area (Å²) >= 11 is 0. The lowest BCUT2D eigenvalue weighted by Gasteiger charge is -2.27. The molecule has 4 rings (SSSR count). The first-order valence-corrected chi connectivity index (χ1v) is 10.2. The van der Waals surface area contributed by atoms with E-state index in [9.17, 15) is 4.79 Å². The van der Waals surface area contributed by atoms with Crippen LogP contribution in [0.5, 0.6) is 5.75 Å². The Morgan fingerprint density at radius 1 is 1.19 bits per heavy atom. The van der Waals surface area contributed by atoms with E-state index in [1.165, 1.54) is 30.5 Å². The summed E-state index contributed by atoms with van der Waals surface area (Å²) < 4.78 is 7.56. The van der Waals surface area contributed by atoms with Crippen LogP contribution >= 0.6 is 0 Å². The van der Waals surface area contributed by atoms with Crippen molar-refractivity contribution >= 4 is 5.91 Å². The van der Waals surface area contributed by atoms with Crippen LogP contribution in [0.25, 0.3) is 0 Å². The van der Waals surface area contributed by atoms with Crippen molar-refractivity contribution < 1.29 is 9.53 Å². The number of nitrogens with one attached hydrogen (secondary N) is 1. The van der Waals surface area contributed by atoms with Gasteiger partial charge < -0.3 is 10.1 Å². The van der Waals surface area contributed by atoms with Crippen LogP contribution in [-0.4, -0.2) is 22.8 Å². The number of nitrogens with zero attached hydrogens (tertiary/aromatic N) is 2. The summed E-state index contributed by atoms with van der Waals surface area (Å²) in [7, 11) is 1.70. The molecule has 2 aliphatic carbocycles. The van der Waals surface area contributed by atoms with Crippen molar-refractivity contribution in [2.75, 3.05) is 7.11 Å². The van der Waals surface area contributed by atoms with Gasteiger partial charge in [0.15, 0.2) is 0 Å². The highest BCUT2D eigenvalue weighted by molar-refractivity contribution is 5.79. The molecule has 0 aliphatic heterocycles. The summed E-state index contributed by atoms with van der Waals surface area (Å²) in [6, 6.07) is 8.18. The Bertz CT molecular complexity index is 793. The van der Waals surface area contributed by atoms with Gasteiger partial charge in [0.2, 0.25) is 5.91 Å². The van der Waals surface area contributed by atoms with Crippen molar-refractivity contribution in [3.8, 4) is 5.75 Å². The molecule has 0 radical (unpaired) electrons. The summed E-state index contributed by atoms with van der Waals surface area (Å²) in [6.07, 6.45) is 10.8. The predicted molar refractivity (Wildman–Crippen MR) is 105 cm³/mol. The van der Waals surface area contributed by atoms with E-state index in [2.05, 4.69) is 21.2 Å². The van der Waals surface area contributed by atoms with E-state index in [1.54, 1.807) is 7.11 Å². The molecular weight excluding hydrogens is 338 g/mol. The number of hydrogen-bond acceptors (Lipinski definition) is 3. The van der Waals surface area contributed by atoms with Gasteiger partial charge in [0.1, 0.15) is 5.75 Å². The van der Waals surface area contributed by atoms with Gasteiger partial charge >= 0.3 is 0 Å². The molecule has 27 heavy (non-hydrogen) atoms. The van der Waals surface area contributed by atoms with Crippen LogP contribution in [-0.2, 0) is 17.8 Å². The number of rotatable bonds is 5. The third kappa shape index (κ3) is 3.87. The van der Waals surface area contributed by atoms with Crippen LogP contribution in [0, 0.1) is 5.92 Å². The van der Waals surface area contributed by atoms with Gasteiger partial charge in [-0.1, -0.05) is 37.5 Å². The second-order valence-corrected chi connectivity index (χ2v) is 7.80. The minimum atomic E-state index is 0.106. The molecule has 1 fully saturated rings. The molecule has 0 bridgehead atoms. The standard InChI is InChI=1S/C22H29N3O2/c1-27-21-13-6-5-10-17(21)15-25-20-12-7-11-19(18(20)14-23-25)24-22(26)16-8-3-2-4-9-16/h5-6,10,13-14,16,19H,2-4,7-9,11-12,15H2,1H3,(H,24,26)/t19-/m1/s1. The van der Waals surface area contributed by atoms with Crippen molar-refractivity contribution in [3.05, 3.63) is 47.3 Å². The summed E-state index contributed by atoms with van der Waals surface area (Å²) in [4.78, 5) is 12.7. The number of carbonyl (C=O) groups is 1. The van der Waals surface area contributed by atoms with E-state index >= 15 is 0 Å². The third-order valence-electron chi connectivity index (χ3n) is 6.07. The molecule has 2 aliphatic rings. The fourth-order valence-electron chi connectivity index (χ4n) is 4.55. The van der Waals surface area contributed by atoms with E-state index < -0.39 is 0 Å². The van der Waals surface area contributed by atoms with Crippen molar-refractivity contribution in [2.24, 2.45) is 5.92 Å². The second kappa shape index (κ2) is 8.15. The molecule has 1 aromatic heterocycles. The Morgan fingerprint density at radius 2 is 2.00 bits per heavy atom. The molecular formula is C22H29N3O2. The Labute approximate surface area is 161 Å². The van der Waals surface area contributed by atoms with Gasteiger partial charge in [-0.05, 0) is 38.2 Å². The first kappa shape index (κ1) is 18.1. The molecule has 1 N–H and O–H groups in total. The topological polar surface area (TPSA) is 56.1 Å². The van der Waals surface area contributed by atoms with Gasteiger partial charge in [-0.2, -0.15) is 5.10 Å². The number of benzene rings is 1.